The Morgan fingerprint density at radius 2 is 1.79 bits per heavy atom. The summed E-state index contributed by atoms with van der Waals surface area (Å²) in [5, 5.41) is 0. The number of nitrogens with zero attached hydrogens (tertiary/aromatic N) is 1. The predicted octanol–water partition coefficient (Wildman–Crippen LogP) is 2.43. The third-order valence-corrected chi connectivity index (χ3v) is 3.83. The standard InChI is InChI=1S/C12H21NO/c1-9-4-6-10(7-5-9)13-8-12(2,3)11(13)14/h9-10H,4-8H2,1-3H3/t9-,10-. The van der Waals surface area contributed by atoms with Gasteiger partial charge in [-0.3, -0.25) is 4.79 Å². The molecule has 0 spiro atoms. The van der Waals surface area contributed by atoms with Crippen LogP contribution in [0.25, 0.3) is 0 Å². The molecule has 14 heavy (non-hydrogen) atoms. The molecule has 1 aliphatic heterocycles. The Morgan fingerprint density at radius 1 is 1.21 bits per heavy atom. The molecular weight excluding hydrogens is 174 g/mol. The zero-order valence-corrected chi connectivity index (χ0v) is 9.55. The first kappa shape index (κ1) is 10.0. The summed E-state index contributed by atoms with van der Waals surface area (Å²) in [5.41, 5.74) is -0.0664. The van der Waals surface area contributed by atoms with Crippen molar-refractivity contribution >= 4 is 5.91 Å². The Morgan fingerprint density at radius 3 is 2.21 bits per heavy atom. The van der Waals surface area contributed by atoms with Gasteiger partial charge < -0.3 is 4.90 Å². The van der Waals surface area contributed by atoms with Crippen molar-refractivity contribution in [1.29, 1.82) is 0 Å². The van der Waals surface area contributed by atoms with Crippen LogP contribution in [0.2, 0.25) is 0 Å². The maximum absolute atomic E-state index is 11.8. The van der Waals surface area contributed by atoms with Crippen molar-refractivity contribution in [1.82, 2.24) is 4.90 Å². The van der Waals surface area contributed by atoms with Crippen molar-refractivity contribution < 1.29 is 4.79 Å². The molecule has 0 unspecified atom stereocenters. The second-order valence-electron chi connectivity index (χ2n) is 5.73. The van der Waals surface area contributed by atoms with Crippen LogP contribution in [-0.2, 0) is 4.79 Å². The van der Waals surface area contributed by atoms with E-state index in [0.29, 0.717) is 11.9 Å². The van der Waals surface area contributed by atoms with Gasteiger partial charge in [-0.1, -0.05) is 6.92 Å². The van der Waals surface area contributed by atoms with Gasteiger partial charge in [-0.15, -0.1) is 0 Å². The van der Waals surface area contributed by atoms with E-state index in [0.717, 1.165) is 12.5 Å². The van der Waals surface area contributed by atoms with E-state index >= 15 is 0 Å². The van der Waals surface area contributed by atoms with E-state index in [-0.39, 0.29) is 5.41 Å². The number of β-lactam (4-membered cyclic amide) rings is 1. The number of carbonyl (C=O) groups excluding carboxylic acids is 1. The third kappa shape index (κ3) is 1.55. The van der Waals surface area contributed by atoms with Crippen molar-refractivity contribution in [3.05, 3.63) is 0 Å². The number of carbonyl (C=O) groups is 1. The molecule has 0 N–H and O–H groups in total. The highest BCUT2D eigenvalue weighted by atomic mass is 16.2. The number of hydrogen-bond donors (Lipinski definition) is 0. The maximum Gasteiger partial charge on any atom is 0.230 e. The zero-order chi connectivity index (χ0) is 10.3. The quantitative estimate of drug-likeness (QED) is 0.588. The number of hydrogen-bond acceptors (Lipinski definition) is 1. The second kappa shape index (κ2) is 3.25. The van der Waals surface area contributed by atoms with E-state index in [9.17, 15) is 4.79 Å². The Kier molecular flexibility index (Phi) is 2.32. The van der Waals surface area contributed by atoms with Crippen LogP contribution >= 0.6 is 0 Å². The normalized spacial score (nSPS) is 36.8. The molecule has 0 atom stereocenters. The zero-order valence-electron chi connectivity index (χ0n) is 9.55. The first-order chi connectivity index (χ1) is 6.50. The molecule has 2 rings (SSSR count). The van der Waals surface area contributed by atoms with Crippen LogP contribution in [0.15, 0.2) is 0 Å². The average Bonchev–Trinajstić information content (AvgIpc) is 2.16. The van der Waals surface area contributed by atoms with Crippen LogP contribution in [0.5, 0.6) is 0 Å². The Balaban J connectivity index is 1.90. The molecule has 1 aliphatic carbocycles. The molecule has 80 valence electrons. The van der Waals surface area contributed by atoms with Gasteiger partial charge in [0.05, 0.1) is 5.41 Å². The molecule has 1 saturated carbocycles. The summed E-state index contributed by atoms with van der Waals surface area (Å²) >= 11 is 0. The summed E-state index contributed by atoms with van der Waals surface area (Å²) < 4.78 is 0. The lowest BCUT2D eigenvalue weighted by molar-refractivity contribution is -0.162. The smallest absolute Gasteiger partial charge is 0.230 e. The molecule has 0 aromatic heterocycles. The van der Waals surface area contributed by atoms with E-state index in [1.165, 1.54) is 25.7 Å². The maximum atomic E-state index is 11.8. The highest BCUT2D eigenvalue weighted by Gasteiger charge is 2.47. The fourth-order valence-corrected chi connectivity index (χ4v) is 2.71. The molecule has 0 aromatic rings. The summed E-state index contributed by atoms with van der Waals surface area (Å²) in [7, 11) is 0. The lowest BCUT2D eigenvalue weighted by atomic mass is 9.78. The van der Waals surface area contributed by atoms with Gasteiger partial charge in [0.15, 0.2) is 0 Å². The lowest BCUT2D eigenvalue weighted by Gasteiger charge is -2.50. The predicted molar refractivity (Wildman–Crippen MR) is 56.9 cm³/mol. The van der Waals surface area contributed by atoms with Crippen molar-refractivity contribution in [3.8, 4) is 0 Å². The summed E-state index contributed by atoms with van der Waals surface area (Å²) in [6, 6.07) is 0.562. The van der Waals surface area contributed by atoms with Crippen LogP contribution < -0.4 is 0 Å². The molecule has 2 nitrogen and oxygen atoms in total. The minimum atomic E-state index is -0.0664. The van der Waals surface area contributed by atoms with Gasteiger partial charge in [0.1, 0.15) is 0 Å². The molecular formula is C12H21NO. The van der Waals surface area contributed by atoms with Crippen LogP contribution in [-0.4, -0.2) is 23.4 Å². The Hall–Kier alpha value is -0.530. The molecule has 2 aliphatic rings. The average molecular weight is 195 g/mol. The third-order valence-electron chi connectivity index (χ3n) is 3.83. The van der Waals surface area contributed by atoms with Gasteiger partial charge in [-0.05, 0) is 45.4 Å². The monoisotopic (exact) mass is 195 g/mol. The summed E-state index contributed by atoms with van der Waals surface area (Å²) in [6.07, 6.45) is 5.05. The van der Waals surface area contributed by atoms with Gasteiger partial charge in [-0.2, -0.15) is 0 Å². The van der Waals surface area contributed by atoms with Crippen molar-refractivity contribution in [3.63, 3.8) is 0 Å². The topological polar surface area (TPSA) is 20.3 Å². The van der Waals surface area contributed by atoms with E-state index in [2.05, 4.69) is 25.7 Å². The number of rotatable bonds is 1. The molecule has 0 radical (unpaired) electrons. The van der Waals surface area contributed by atoms with Crippen LogP contribution in [0.3, 0.4) is 0 Å². The van der Waals surface area contributed by atoms with Gasteiger partial charge in [-0.25, -0.2) is 0 Å². The Labute approximate surface area is 86.7 Å². The van der Waals surface area contributed by atoms with E-state index in [4.69, 9.17) is 0 Å². The van der Waals surface area contributed by atoms with Crippen molar-refractivity contribution in [2.75, 3.05) is 6.54 Å². The Bertz CT molecular complexity index is 239. The van der Waals surface area contributed by atoms with Crippen LogP contribution in [0.1, 0.15) is 46.5 Å². The second-order valence-corrected chi connectivity index (χ2v) is 5.73. The fourth-order valence-electron chi connectivity index (χ4n) is 2.71. The lowest BCUT2D eigenvalue weighted by Crippen LogP contribution is -2.62. The summed E-state index contributed by atoms with van der Waals surface area (Å²) in [5.74, 6) is 1.24. The molecule has 2 fully saturated rings. The molecule has 1 saturated heterocycles. The van der Waals surface area contributed by atoms with Crippen LogP contribution in [0.4, 0.5) is 0 Å². The summed E-state index contributed by atoms with van der Waals surface area (Å²) in [4.78, 5) is 13.9. The molecule has 1 amide bonds. The van der Waals surface area contributed by atoms with E-state index in [1.807, 2.05) is 0 Å². The van der Waals surface area contributed by atoms with E-state index < -0.39 is 0 Å². The molecule has 0 aromatic carbocycles. The first-order valence-electron chi connectivity index (χ1n) is 5.82. The number of amides is 1. The largest absolute Gasteiger partial charge is 0.338 e. The number of likely N-dealkylation sites (tertiary alicyclic amines) is 1. The summed E-state index contributed by atoms with van der Waals surface area (Å²) in [6.45, 7) is 7.40. The van der Waals surface area contributed by atoms with Crippen LogP contribution in [0, 0.1) is 11.3 Å². The van der Waals surface area contributed by atoms with Gasteiger partial charge in [0, 0.05) is 12.6 Å². The van der Waals surface area contributed by atoms with Crippen molar-refractivity contribution in [2.45, 2.75) is 52.5 Å². The highest BCUT2D eigenvalue weighted by molar-refractivity contribution is 5.88. The van der Waals surface area contributed by atoms with E-state index in [1.54, 1.807) is 0 Å². The molecule has 1 heterocycles. The first-order valence-corrected chi connectivity index (χ1v) is 5.82. The fraction of sp³-hybridized carbons (Fsp3) is 0.917. The van der Waals surface area contributed by atoms with Gasteiger partial charge in [0.2, 0.25) is 5.91 Å². The highest BCUT2D eigenvalue weighted by Crippen LogP contribution is 2.37. The van der Waals surface area contributed by atoms with Gasteiger partial charge in [0.25, 0.3) is 0 Å². The molecule has 0 bridgehead atoms. The minimum absolute atomic E-state index is 0.0664. The minimum Gasteiger partial charge on any atom is -0.338 e. The van der Waals surface area contributed by atoms with Gasteiger partial charge >= 0.3 is 0 Å². The molecule has 2 heteroatoms. The van der Waals surface area contributed by atoms with Crippen molar-refractivity contribution in [2.24, 2.45) is 11.3 Å². The SMILES string of the molecule is CC1(C)CN([C@H]2CC[C@H](C)CC2)C1=O.